The number of rotatable bonds is 6. The molecule has 1 aromatic rings. The normalized spacial score (nSPS) is 10.1. The van der Waals surface area contributed by atoms with Crippen molar-refractivity contribution >= 4 is 13.1 Å². The van der Waals surface area contributed by atoms with E-state index in [0.717, 1.165) is 19.3 Å². The van der Waals surface area contributed by atoms with Crippen LogP contribution in [0.15, 0.2) is 18.7 Å². The fourth-order valence-corrected chi connectivity index (χ4v) is 1.29. The van der Waals surface area contributed by atoms with E-state index in [0.29, 0.717) is 12.9 Å². The largest absolute Gasteiger partial charge is 0.451 e. The lowest BCUT2D eigenvalue weighted by Gasteiger charge is -2.04. The van der Waals surface area contributed by atoms with Crippen LogP contribution in [0, 0.1) is 0 Å². The van der Waals surface area contributed by atoms with Crippen LogP contribution < -0.4 is 5.32 Å². The van der Waals surface area contributed by atoms with Gasteiger partial charge in [-0.2, -0.15) is 0 Å². The van der Waals surface area contributed by atoms with Crippen LogP contribution in [0.1, 0.15) is 19.3 Å². The fraction of sp³-hybridized carbons (Fsp3) is 0.556. The van der Waals surface area contributed by atoms with Gasteiger partial charge in [-0.15, -0.1) is 0 Å². The maximum atomic E-state index is 11.4. The van der Waals surface area contributed by atoms with Crippen LogP contribution in [0.25, 0.3) is 0 Å². The van der Waals surface area contributed by atoms with Gasteiger partial charge in [0.1, 0.15) is 6.33 Å². The number of imidazole rings is 1. The second kappa shape index (κ2) is 7.02. The summed E-state index contributed by atoms with van der Waals surface area (Å²) in [5, 5.41) is 19.9. The van der Waals surface area contributed by atoms with Crippen molar-refractivity contribution in [1.29, 1.82) is 0 Å². The Bertz CT molecular complexity index is 303. The lowest BCUT2D eigenvalue weighted by Crippen LogP contribution is -2.28. The molecule has 6 nitrogen and oxygen atoms in total. The Morgan fingerprint density at radius 2 is 2.19 bits per heavy atom. The van der Waals surface area contributed by atoms with E-state index in [2.05, 4.69) is 10.3 Å². The summed E-state index contributed by atoms with van der Waals surface area (Å²) in [6.07, 6.45) is 7.39. The van der Waals surface area contributed by atoms with Crippen LogP contribution >= 0.6 is 0 Å². The van der Waals surface area contributed by atoms with E-state index in [4.69, 9.17) is 10.0 Å². The quantitative estimate of drug-likeness (QED) is 0.472. The van der Waals surface area contributed by atoms with E-state index in [1.807, 2.05) is 0 Å². The van der Waals surface area contributed by atoms with Crippen molar-refractivity contribution in [3.8, 4) is 0 Å². The Kier molecular flexibility index (Phi) is 5.59. The summed E-state index contributed by atoms with van der Waals surface area (Å²) in [5.41, 5.74) is 0. The van der Waals surface area contributed by atoms with Gasteiger partial charge in [-0.05, 0) is 12.7 Å². The molecule has 1 rings (SSSR count). The highest BCUT2D eigenvalue weighted by atomic mass is 16.4. The second-order valence-corrected chi connectivity index (χ2v) is 3.53. The molecule has 0 aliphatic rings. The molecule has 0 aromatic carbocycles. The first-order chi connectivity index (χ1) is 7.70. The molecule has 7 heteroatoms. The first-order valence-corrected chi connectivity index (χ1v) is 5.32. The van der Waals surface area contributed by atoms with Gasteiger partial charge in [0.2, 0.25) is 0 Å². The third-order valence-corrected chi connectivity index (χ3v) is 2.15. The fourth-order valence-electron chi connectivity index (χ4n) is 1.29. The van der Waals surface area contributed by atoms with Crippen molar-refractivity contribution in [2.75, 3.05) is 6.54 Å². The van der Waals surface area contributed by atoms with Crippen LogP contribution in [0.5, 0.6) is 0 Å². The molecule has 0 saturated carbocycles. The Morgan fingerprint density at radius 3 is 2.81 bits per heavy atom. The van der Waals surface area contributed by atoms with E-state index < -0.39 is 7.12 Å². The summed E-state index contributed by atoms with van der Waals surface area (Å²) in [7, 11) is -1.22. The molecule has 0 aliphatic carbocycles. The van der Waals surface area contributed by atoms with Crippen molar-refractivity contribution in [3.63, 3.8) is 0 Å². The zero-order valence-electron chi connectivity index (χ0n) is 9.04. The molecule has 0 radical (unpaired) electrons. The highest BCUT2D eigenvalue weighted by molar-refractivity contribution is 6.40. The molecule has 0 atom stereocenters. The minimum absolute atomic E-state index is 0.195. The van der Waals surface area contributed by atoms with Crippen LogP contribution in [-0.4, -0.2) is 39.3 Å². The summed E-state index contributed by atoms with van der Waals surface area (Å²) in [6.45, 7) is 0.582. The number of nitrogens with one attached hydrogen (secondary N) is 1. The van der Waals surface area contributed by atoms with Gasteiger partial charge in [-0.25, -0.2) is 9.78 Å². The predicted octanol–water partition coefficient (Wildman–Crippen LogP) is 0.0839. The minimum Gasteiger partial charge on any atom is -0.427 e. The molecule has 0 aliphatic heterocycles. The number of amides is 1. The number of hydrogen-bond donors (Lipinski definition) is 3. The minimum atomic E-state index is -1.22. The summed E-state index contributed by atoms with van der Waals surface area (Å²) in [6, 6.07) is -0.195. The average molecular weight is 225 g/mol. The van der Waals surface area contributed by atoms with Crippen LogP contribution in [0.3, 0.4) is 0 Å². The van der Waals surface area contributed by atoms with Gasteiger partial charge >= 0.3 is 13.1 Å². The first-order valence-electron chi connectivity index (χ1n) is 5.32. The lowest BCUT2D eigenvalue weighted by atomic mass is 9.83. The topological polar surface area (TPSA) is 87.4 Å². The number of aromatic nitrogens is 2. The van der Waals surface area contributed by atoms with Gasteiger partial charge in [-0.3, -0.25) is 4.57 Å². The third kappa shape index (κ3) is 4.95. The van der Waals surface area contributed by atoms with Crippen molar-refractivity contribution in [2.45, 2.75) is 25.6 Å². The Hall–Kier alpha value is -1.34. The number of hydrogen-bond acceptors (Lipinski definition) is 4. The molecule has 0 spiro atoms. The molecule has 1 aromatic heterocycles. The summed E-state index contributed by atoms with van der Waals surface area (Å²) < 4.78 is 1.37. The van der Waals surface area contributed by atoms with E-state index in [-0.39, 0.29) is 6.03 Å². The van der Waals surface area contributed by atoms with Gasteiger partial charge < -0.3 is 15.4 Å². The van der Waals surface area contributed by atoms with Gasteiger partial charge in [0, 0.05) is 18.9 Å². The Morgan fingerprint density at radius 1 is 1.38 bits per heavy atom. The van der Waals surface area contributed by atoms with Gasteiger partial charge in [-0.1, -0.05) is 12.8 Å². The number of nitrogens with zero attached hydrogens (tertiary/aromatic N) is 2. The maximum absolute atomic E-state index is 11.4. The molecule has 1 amide bonds. The molecule has 16 heavy (non-hydrogen) atoms. The molecule has 1 heterocycles. The van der Waals surface area contributed by atoms with Crippen molar-refractivity contribution < 1.29 is 14.8 Å². The van der Waals surface area contributed by atoms with E-state index >= 15 is 0 Å². The molecule has 0 bridgehead atoms. The molecule has 88 valence electrons. The summed E-state index contributed by atoms with van der Waals surface area (Å²) >= 11 is 0. The molecule has 0 unspecified atom stereocenters. The maximum Gasteiger partial charge on any atom is 0.451 e. The van der Waals surface area contributed by atoms with Crippen LogP contribution in [0.4, 0.5) is 4.79 Å². The highest BCUT2D eigenvalue weighted by Crippen LogP contribution is 2.00. The van der Waals surface area contributed by atoms with E-state index in [1.54, 1.807) is 12.4 Å². The molecule has 0 saturated heterocycles. The monoisotopic (exact) mass is 225 g/mol. The zero-order chi connectivity index (χ0) is 11.8. The first kappa shape index (κ1) is 12.7. The Balaban J connectivity index is 2.01. The predicted molar refractivity (Wildman–Crippen MR) is 59.9 cm³/mol. The molecular formula is C9H16BN3O3. The molecular weight excluding hydrogens is 209 g/mol. The third-order valence-electron chi connectivity index (χ3n) is 2.15. The summed E-state index contributed by atoms with van der Waals surface area (Å²) in [5.74, 6) is 0. The van der Waals surface area contributed by atoms with Crippen LogP contribution in [0.2, 0.25) is 6.32 Å². The van der Waals surface area contributed by atoms with Crippen molar-refractivity contribution in [1.82, 2.24) is 14.9 Å². The smallest absolute Gasteiger partial charge is 0.427 e. The lowest BCUT2D eigenvalue weighted by molar-refractivity contribution is 0.242. The van der Waals surface area contributed by atoms with Gasteiger partial charge in [0.05, 0.1) is 0 Å². The number of unbranched alkanes of at least 4 members (excludes halogenated alkanes) is 2. The van der Waals surface area contributed by atoms with E-state index in [1.165, 1.54) is 10.9 Å². The average Bonchev–Trinajstić information content (AvgIpc) is 2.75. The van der Waals surface area contributed by atoms with Crippen LogP contribution in [-0.2, 0) is 0 Å². The summed E-state index contributed by atoms with van der Waals surface area (Å²) in [4.78, 5) is 15.1. The van der Waals surface area contributed by atoms with Gasteiger partial charge in [0.25, 0.3) is 0 Å². The molecule has 3 N–H and O–H groups in total. The van der Waals surface area contributed by atoms with Crippen molar-refractivity contribution in [3.05, 3.63) is 18.7 Å². The van der Waals surface area contributed by atoms with Gasteiger partial charge in [0.15, 0.2) is 0 Å². The Labute approximate surface area is 94.5 Å². The van der Waals surface area contributed by atoms with Crippen molar-refractivity contribution in [2.24, 2.45) is 0 Å². The number of carbonyl (C=O) groups is 1. The van der Waals surface area contributed by atoms with E-state index in [9.17, 15) is 4.79 Å². The standard InChI is InChI=1S/C9H16BN3O3/c14-9(13-7-6-11-8-13)12-5-3-1-2-4-10(15)16/h6-8,15-16H,1-5H2,(H,12,14). The SMILES string of the molecule is O=C(NCCCCCB(O)O)n1ccnc1. The highest BCUT2D eigenvalue weighted by Gasteiger charge is 2.05. The second-order valence-electron chi connectivity index (χ2n) is 3.53. The molecule has 0 fully saturated rings. The zero-order valence-corrected chi connectivity index (χ0v) is 9.04. The number of carbonyl (C=O) groups excluding carboxylic acids is 1.